The molecule has 0 aromatic heterocycles. The number of rotatable bonds is 4. The highest BCUT2D eigenvalue weighted by Crippen LogP contribution is 2.23. The van der Waals surface area contributed by atoms with Gasteiger partial charge in [0.05, 0.1) is 5.56 Å². The second kappa shape index (κ2) is 4.89. The van der Waals surface area contributed by atoms with E-state index in [1.807, 2.05) is 0 Å². The summed E-state index contributed by atoms with van der Waals surface area (Å²) in [4.78, 5) is 21.0. The predicted octanol–water partition coefficient (Wildman–Crippen LogP) is 0.00280. The normalized spacial score (nSPS) is 14.1. The minimum absolute atomic E-state index is 0.584. The fourth-order valence-electron chi connectivity index (χ4n) is 1.25. The quantitative estimate of drug-likeness (QED) is 0.592. The molecule has 0 saturated carbocycles. The summed E-state index contributed by atoms with van der Waals surface area (Å²) in [6, 6.07) is 3.10. The average Bonchev–Trinajstić information content (AvgIpc) is 2.26. The van der Waals surface area contributed by atoms with Crippen LogP contribution in [-0.2, 0) is 4.79 Å². The Bertz CT molecular complexity index is 458. The predicted molar refractivity (Wildman–Crippen MR) is 52.0 cm³/mol. The average molecular weight is 244 g/mol. The molecule has 0 fully saturated rings. The molecule has 1 rings (SSSR count). The van der Waals surface area contributed by atoms with Crippen LogP contribution in [0.3, 0.4) is 0 Å². The van der Waals surface area contributed by atoms with Crippen molar-refractivity contribution >= 4 is 11.9 Å². The molecule has 6 nitrogen and oxygen atoms in total. The Morgan fingerprint density at radius 2 is 1.76 bits per heavy atom. The van der Waals surface area contributed by atoms with Crippen LogP contribution in [0.4, 0.5) is 4.39 Å². The first-order chi connectivity index (χ1) is 7.86. The van der Waals surface area contributed by atoms with Gasteiger partial charge in [0.1, 0.15) is 11.9 Å². The number of carboxylic acids is 2. The van der Waals surface area contributed by atoms with Crippen LogP contribution in [0.2, 0.25) is 0 Å². The first-order valence-electron chi connectivity index (χ1n) is 4.47. The molecule has 0 spiro atoms. The van der Waals surface area contributed by atoms with E-state index >= 15 is 0 Å². The summed E-state index contributed by atoms with van der Waals surface area (Å²) in [5.74, 6) is -4.56. The van der Waals surface area contributed by atoms with Gasteiger partial charge < -0.3 is 20.4 Å². The molecule has 92 valence electrons. The Kier molecular flexibility index (Phi) is 3.77. The van der Waals surface area contributed by atoms with Gasteiger partial charge in [0.25, 0.3) is 0 Å². The highest BCUT2D eigenvalue weighted by atomic mass is 19.1. The van der Waals surface area contributed by atoms with E-state index in [4.69, 9.17) is 15.3 Å². The van der Waals surface area contributed by atoms with Crippen LogP contribution in [0, 0.1) is 5.82 Å². The van der Waals surface area contributed by atoms with Gasteiger partial charge in [-0.2, -0.15) is 0 Å². The molecule has 17 heavy (non-hydrogen) atoms. The van der Waals surface area contributed by atoms with Crippen molar-refractivity contribution in [2.24, 2.45) is 0 Å². The van der Waals surface area contributed by atoms with Gasteiger partial charge in [-0.1, -0.05) is 12.1 Å². The molecule has 2 unspecified atom stereocenters. The number of aromatic carboxylic acids is 1. The molecule has 2 atom stereocenters. The number of carbonyl (C=O) groups is 2. The van der Waals surface area contributed by atoms with Crippen molar-refractivity contribution in [2.75, 3.05) is 0 Å². The first-order valence-corrected chi connectivity index (χ1v) is 4.47. The molecule has 0 bridgehead atoms. The number of carboxylic acid groups (broad SMARTS) is 2. The zero-order chi connectivity index (χ0) is 13.2. The number of aliphatic hydroxyl groups is 2. The van der Waals surface area contributed by atoms with Crippen molar-refractivity contribution in [3.8, 4) is 0 Å². The van der Waals surface area contributed by atoms with Crippen LogP contribution in [0.5, 0.6) is 0 Å². The van der Waals surface area contributed by atoms with Crippen LogP contribution in [0.15, 0.2) is 18.2 Å². The summed E-state index contributed by atoms with van der Waals surface area (Å²) < 4.78 is 13.6. The number of halogens is 1. The van der Waals surface area contributed by atoms with E-state index in [2.05, 4.69) is 0 Å². The van der Waals surface area contributed by atoms with Gasteiger partial charge in [-0.05, 0) is 6.07 Å². The highest BCUT2D eigenvalue weighted by Gasteiger charge is 2.29. The summed E-state index contributed by atoms with van der Waals surface area (Å²) in [6.45, 7) is 0. The number of aliphatic hydroxyl groups excluding tert-OH is 2. The number of aliphatic carboxylic acids is 1. The largest absolute Gasteiger partial charge is 0.479 e. The molecular weight excluding hydrogens is 235 g/mol. The Morgan fingerprint density at radius 3 is 2.24 bits per heavy atom. The molecule has 4 N–H and O–H groups in total. The molecule has 0 heterocycles. The van der Waals surface area contributed by atoms with Crippen molar-refractivity contribution in [1.82, 2.24) is 0 Å². The molecule has 1 aromatic rings. The standard InChI is InChI=1S/C10H9FO6/c11-6-4(7(12)8(13)10(16)17)2-1-3-5(6)9(14)15/h1-3,7-8,12-13H,(H,14,15)(H,16,17). The lowest BCUT2D eigenvalue weighted by Gasteiger charge is -2.15. The van der Waals surface area contributed by atoms with Crippen molar-refractivity contribution in [3.05, 3.63) is 35.1 Å². The number of hydrogen-bond donors (Lipinski definition) is 4. The fourth-order valence-corrected chi connectivity index (χ4v) is 1.25. The Morgan fingerprint density at radius 1 is 1.18 bits per heavy atom. The summed E-state index contributed by atoms with van der Waals surface area (Å²) >= 11 is 0. The maximum atomic E-state index is 13.6. The van der Waals surface area contributed by atoms with Crippen molar-refractivity contribution in [3.63, 3.8) is 0 Å². The lowest BCUT2D eigenvalue weighted by Crippen LogP contribution is -2.28. The Hall–Kier alpha value is -1.99. The number of benzene rings is 1. The maximum Gasteiger partial charge on any atom is 0.338 e. The monoisotopic (exact) mass is 244 g/mol. The van der Waals surface area contributed by atoms with E-state index in [1.165, 1.54) is 0 Å². The van der Waals surface area contributed by atoms with Gasteiger partial charge in [-0.3, -0.25) is 0 Å². The van der Waals surface area contributed by atoms with Crippen molar-refractivity contribution in [1.29, 1.82) is 0 Å². The first kappa shape index (κ1) is 13.1. The van der Waals surface area contributed by atoms with Crippen molar-refractivity contribution in [2.45, 2.75) is 12.2 Å². The zero-order valence-corrected chi connectivity index (χ0v) is 8.37. The second-order valence-corrected chi connectivity index (χ2v) is 3.24. The molecule has 1 aromatic carbocycles. The second-order valence-electron chi connectivity index (χ2n) is 3.24. The Labute approximate surface area is 94.6 Å². The SMILES string of the molecule is O=C(O)c1cccc(C(O)C(O)C(=O)O)c1F. The van der Waals surface area contributed by atoms with E-state index in [9.17, 15) is 19.1 Å². The van der Waals surface area contributed by atoms with Crippen LogP contribution in [0.25, 0.3) is 0 Å². The molecule has 0 radical (unpaired) electrons. The smallest absolute Gasteiger partial charge is 0.338 e. The third kappa shape index (κ3) is 2.58. The third-order valence-corrected chi connectivity index (χ3v) is 2.13. The van der Waals surface area contributed by atoms with Crippen LogP contribution in [-0.4, -0.2) is 38.5 Å². The minimum Gasteiger partial charge on any atom is -0.479 e. The van der Waals surface area contributed by atoms with Crippen LogP contribution < -0.4 is 0 Å². The molecule has 0 aliphatic heterocycles. The van der Waals surface area contributed by atoms with E-state index < -0.39 is 41.1 Å². The maximum absolute atomic E-state index is 13.6. The summed E-state index contributed by atoms with van der Waals surface area (Å²) in [6.07, 6.45) is -4.26. The molecular formula is C10H9FO6. The fraction of sp³-hybridized carbons (Fsp3) is 0.200. The van der Waals surface area contributed by atoms with Gasteiger partial charge in [0.2, 0.25) is 0 Å². The summed E-state index contributed by atoms with van der Waals surface area (Å²) in [5.41, 5.74) is -1.29. The van der Waals surface area contributed by atoms with Crippen molar-refractivity contribution < 1.29 is 34.4 Å². The van der Waals surface area contributed by atoms with Crippen LogP contribution >= 0.6 is 0 Å². The van der Waals surface area contributed by atoms with Gasteiger partial charge in [0, 0.05) is 5.56 Å². The van der Waals surface area contributed by atoms with E-state index in [0.717, 1.165) is 18.2 Å². The Balaban J connectivity index is 3.19. The van der Waals surface area contributed by atoms with E-state index in [-0.39, 0.29) is 0 Å². The third-order valence-electron chi connectivity index (χ3n) is 2.13. The molecule has 0 amide bonds. The van der Waals surface area contributed by atoms with Crippen LogP contribution in [0.1, 0.15) is 22.0 Å². The van der Waals surface area contributed by atoms with Gasteiger partial charge >= 0.3 is 11.9 Å². The minimum atomic E-state index is -2.23. The van der Waals surface area contributed by atoms with Gasteiger partial charge in [-0.15, -0.1) is 0 Å². The lowest BCUT2D eigenvalue weighted by atomic mass is 10.0. The van der Waals surface area contributed by atoms with Gasteiger partial charge in [0.15, 0.2) is 6.10 Å². The topological polar surface area (TPSA) is 115 Å². The van der Waals surface area contributed by atoms with E-state index in [0.29, 0.717) is 0 Å². The van der Waals surface area contributed by atoms with Gasteiger partial charge in [-0.25, -0.2) is 14.0 Å². The lowest BCUT2D eigenvalue weighted by molar-refractivity contribution is -0.153. The molecule has 0 aliphatic rings. The number of hydrogen-bond acceptors (Lipinski definition) is 4. The van der Waals surface area contributed by atoms with E-state index in [1.54, 1.807) is 0 Å². The molecule has 7 heteroatoms. The highest BCUT2D eigenvalue weighted by molar-refractivity contribution is 5.88. The molecule has 0 aliphatic carbocycles. The zero-order valence-electron chi connectivity index (χ0n) is 8.37. The summed E-state index contributed by atoms with van der Waals surface area (Å²) in [7, 11) is 0. The molecule has 0 saturated heterocycles. The summed E-state index contributed by atoms with van der Waals surface area (Å²) in [5, 5.41) is 35.5.